The molecular weight excluding hydrogens is 392 g/mol. The Morgan fingerprint density at radius 3 is 2.82 bits per heavy atom. The van der Waals surface area contributed by atoms with Crippen LogP contribution in [0.2, 0.25) is 0 Å². The van der Waals surface area contributed by atoms with Gasteiger partial charge in [-0.1, -0.05) is 31.5 Å². The van der Waals surface area contributed by atoms with Crippen LogP contribution >= 0.6 is 23.1 Å². The molecule has 2 heterocycles. The van der Waals surface area contributed by atoms with Gasteiger partial charge < -0.3 is 5.32 Å². The Kier molecular flexibility index (Phi) is 5.87. The zero-order chi connectivity index (χ0) is 19.7. The van der Waals surface area contributed by atoms with Gasteiger partial charge in [0.1, 0.15) is 16.2 Å². The van der Waals surface area contributed by atoms with Crippen molar-refractivity contribution < 1.29 is 9.59 Å². The SMILES string of the molecule is C[C@@H]1CCc2c(sc3ncnc(S[C@H](C)C(=O)NC(=O)NC4CCCC4)c23)C1. The summed E-state index contributed by atoms with van der Waals surface area (Å²) in [5.41, 5.74) is 1.35. The summed E-state index contributed by atoms with van der Waals surface area (Å²) in [7, 11) is 0. The van der Waals surface area contributed by atoms with Crippen LogP contribution in [0.4, 0.5) is 4.79 Å². The lowest BCUT2D eigenvalue weighted by molar-refractivity contribution is -0.119. The zero-order valence-corrected chi connectivity index (χ0v) is 17.9. The van der Waals surface area contributed by atoms with Crippen LogP contribution in [0.3, 0.4) is 0 Å². The summed E-state index contributed by atoms with van der Waals surface area (Å²) in [6.45, 7) is 4.11. The number of fused-ring (bicyclic) bond motifs is 3. The lowest BCUT2D eigenvalue weighted by Crippen LogP contribution is -2.45. The van der Waals surface area contributed by atoms with Gasteiger partial charge in [0.15, 0.2) is 0 Å². The molecule has 2 aromatic heterocycles. The third kappa shape index (κ3) is 4.17. The monoisotopic (exact) mass is 418 g/mol. The van der Waals surface area contributed by atoms with Crippen molar-refractivity contribution in [3.05, 3.63) is 16.8 Å². The van der Waals surface area contributed by atoms with Crippen molar-refractivity contribution in [1.82, 2.24) is 20.6 Å². The minimum absolute atomic E-state index is 0.192. The maximum Gasteiger partial charge on any atom is 0.321 e. The lowest BCUT2D eigenvalue weighted by Gasteiger charge is -2.18. The molecule has 0 saturated heterocycles. The number of hydrogen-bond donors (Lipinski definition) is 2. The Labute approximate surface area is 173 Å². The molecule has 0 aromatic carbocycles. The molecule has 1 fully saturated rings. The molecule has 4 rings (SSSR count). The molecule has 8 heteroatoms. The van der Waals surface area contributed by atoms with Crippen molar-refractivity contribution in [2.45, 2.75) is 75.1 Å². The van der Waals surface area contributed by atoms with Crippen LogP contribution in [0.15, 0.2) is 11.4 Å². The minimum Gasteiger partial charge on any atom is -0.335 e. The molecule has 1 saturated carbocycles. The first-order valence-electron chi connectivity index (χ1n) is 10.0. The molecule has 2 aliphatic rings. The van der Waals surface area contributed by atoms with Gasteiger partial charge in [0.2, 0.25) is 5.91 Å². The van der Waals surface area contributed by atoms with Crippen molar-refractivity contribution in [2.24, 2.45) is 5.92 Å². The first-order chi connectivity index (χ1) is 13.5. The highest BCUT2D eigenvalue weighted by molar-refractivity contribution is 8.00. The molecular formula is C20H26N4O2S2. The number of aromatic nitrogens is 2. The second-order valence-corrected chi connectivity index (χ2v) is 10.3. The van der Waals surface area contributed by atoms with E-state index < -0.39 is 5.25 Å². The summed E-state index contributed by atoms with van der Waals surface area (Å²) in [6.07, 6.45) is 9.15. The van der Waals surface area contributed by atoms with Crippen LogP contribution < -0.4 is 10.6 Å². The Bertz CT molecular complexity index is 892. The number of aryl methyl sites for hydroxylation is 1. The first kappa shape index (κ1) is 19.6. The number of rotatable bonds is 4. The average molecular weight is 419 g/mol. The Morgan fingerprint density at radius 2 is 2.04 bits per heavy atom. The number of thiophene rings is 1. The van der Waals surface area contributed by atoms with E-state index in [0.717, 1.165) is 53.8 Å². The van der Waals surface area contributed by atoms with Gasteiger partial charge in [-0.2, -0.15) is 0 Å². The largest absolute Gasteiger partial charge is 0.335 e. The van der Waals surface area contributed by atoms with Crippen LogP contribution in [0.1, 0.15) is 56.4 Å². The molecule has 0 aliphatic heterocycles. The maximum atomic E-state index is 12.5. The van der Waals surface area contributed by atoms with Crippen LogP contribution in [-0.4, -0.2) is 33.2 Å². The molecule has 0 radical (unpaired) electrons. The van der Waals surface area contributed by atoms with Crippen LogP contribution in [-0.2, 0) is 17.6 Å². The van der Waals surface area contributed by atoms with Gasteiger partial charge in [-0.15, -0.1) is 11.3 Å². The van der Waals surface area contributed by atoms with E-state index in [1.165, 1.54) is 28.6 Å². The molecule has 2 aliphatic carbocycles. The number of hydrogen-bond acceptors (Lipinski definition) is 6. The number of carbonyl (C=O) groups excluding carboxylic acids is 2. The minimum atomic E-state index is -0.412. The van der Waals surface area contributed by atoms with Crippen molar-refractivity contribution >= 4 is 45.3 Å². The van der Waals surface area contributed by atoms with E-state index in [1.807, 2.05) is 6.92 Å². The molecule has 0 unspecified atom stereocenters. The number of nitrogens with zero attached hydrogens (tertiary/aromatic N) is 2. The third-order valence-corrected chi connectivity index (χ3v) is 7.90. The average Bonchev–Trinajstić information content (AvgIpc) is 3.28. The van der Waals surface area contributed by atoms with Crippen molar-refractivity contribution in [1.29, 1.82) is 0 Å². The van der Waals surface area contributed by atoms with Gasteiger partial charge in [0, 0.05) is 16.3 Å². The maximum absolute atomic E-state index is 12.5. The van der Waals surface area contributed by atoms with E-state index in [1.54, 1.807) is 17.7 Å². The topological polar surface area (TPSA) is 84.0 Å². The lowest BCUT2D eigenvalue weighted by atomic mass is 9.89. The molecule has 2 atom stereocenters. The fourth-order valence-electron chi connectivity index (χ4n) is 4.06. The summed E-state index contributed by atoms with van der Waals surface area (Å²) in [5, 5.41) is 6.92. The number of nitrogens with one attached hydrogen (secondary N) is 2. The highest BCUT2D eigenvalue weighted by Crippen LogP contribution is 2.41. The zero-order valence-electron chi connectivity index (χ0n) is 16.3. The van der Waals surface area contributed by atoms with Gasteiger partial charge in [-0.05, 0) is 50.5 Å². The van der Waals surface area contributed by atoms with Gasteiger partial charge in [-0.3, -0.25) is 10.1 Å². The smallest absolute Gasteiger partial charge is 0.321 e. The molecule has 2 N–H and O–H groups in total. The van der Waals surface area contributed by atoms with Crippen molar-refractivity contribution in [2.75, 3.05) is 0 Å². The number of carbonyl (C=O) groups is 2. The molecule has 3 amide bonds. The summed E-state index contributed by atoms with van der Waals surface area (Å²) in [4.78, 5) is 35.9. The summed E-state index contributed by atoms with van der Waals surface area (Å²) >= 11 is 3.16. The van der Waals surface area contributed by atoms with E-state index >= 15 is 0 Å². The Hall–Kier alpha value is -1.67. The highest BCUT2D eigenvalue weighted by atomic mass is 32.2. The van der Waals surface area contributed by atoms with E-state index in [0.29, 0.717) is 5.92 Å². The van der Waals surface area contributed by atoms with E-state index in [2.05, 4.69) is 27.5 Å². The molecule has 6 nitrogen and oxygen atoms in total. The van der Waals surface area contributed by atoms with Crippen LogP contribution in [0, 0.1) is 5.92 Å². The Morgan fingerprint density at radius 1 is 1.25 bits per heavy atom. The number of imide groups is 1. The van der Waals surface area contributed by atoms with E-state index in [-0.39, 0.29) is 18.0 Å². The Balaban J connectivity index is 1.45. The molecule has 0 spiro atoms. The van der Waals surface area contributed by atoms with Gasteiger partial charge >= 0.3 is 6.03 Å². The van der Waals surface area contributed by atoms with Crippen LogP contribution in [0.25, 0.3) is 10.2 Å². The second kappa shape index (κ2) is 8.37. The fraction of sp³-hybridized carbons (Fsp3) is 0.600. The molecule has 150 valence electrons. The van der Waals surface area contributed by atoms with Gasteiger partial charge in [0.25, 0.3) is 0 Å². The second-order valence-electron chi connectivity index (χ2n) is 7.91. The standard InChI is InChI=1S/C20H26N4O2S2/c1-11-7-8-14-15(9-11)28-19-16(14)18(21-10-22-19)27-12(2)17(25)24-20(26)23-13-5-3-4-6-13/h10-13H,3-9H2,1-2H3,(H2,23,24,25,26)/t11-,12-/m1/s1. The van der Waals surface area contributed by atoms with Crippen molar-refractivity contribution in [3.63, 3.8) is 0 Å². The molecule has 2 aromatic rings. The molecule has 0 bridgehead atoms. The number of urea groups is 1. The summed E-state index contributed by atoms with van der Waals surface area (Å²) in [5.74, 6) is 0.415. The normalized spacial score (nSPS) is 20.7. The predicted octanol–water partition coefficient (Wildman–Crippen LogP) is 4.07. The number of thioether (sulfide) groups is 1. The van der Waals surface area contributed by atoms with Crippen LogP contribution in [0.5, 0.6) is 0 Å². The van der Waals surface area contributed by atoms with E-state index in [9.17, 15) is 9.59 Å². The van der Waals surface area contributed by atoms with Crippen molar-refractivity contribution in [3.8, 4) is 0 Å². The van der Waals surface area contributed by atoms with Gasteiger partial charge in [0.05, 0.1) is 5.25 Å². The molecule has 28 heavy (non-hydrogen) atoms. The predicted molar refractivity (Wildman–Crippen MR) is 113 cm³/mol. The quantitative estimate of drug-likeness (QED) is 0.578. The summed E-state index contributed by atoms with van der Waals surface area (Å²) in [6, 6.07) is -0.198. The fourth-order valence-corrected chi connectivity index (χ4v) is 6.42. The highest BCUT2D eigenvalue weighted by Gasteiger charge is 2.26. The summed E-state index contributed by atoms with van der Waals surface area (Å²) < 4.78 is 0. The third-order valence-electron chi connectivity index (χ3n) is 5.64. The van der Waals surface area contributed by atoms with E-state index in [4.69, 9.17) is 0 Å². The first-order valence-corrected chi connectivity index (χ1v) is 11.7. The number of amides is 3. The van der Waals surface area contributed by atoms with Gasteiger partial charge in [-0.25, -0.2) is 14.8 Å².